The Morgan fingerprint density at radius 1 is 1.25 bits per heavy atom. The lowest BCUT2D eigenvalue weighted by molar-refractivity contribution is 0.540. The Labute approximate surface area is 147 Å². The SMILES string of the molecule is Cc1nc(Br)c2c(C3NCCc4nc(C5CC5)ncc43)ncnn12. The third-order valence-electron chi connectivity index (χ3n) is 4.74. The maximum Gasteiger partial charge on any atom is 0.136 e. The number of hydrogen-bond donors (Lipinski definition) is 1. The van der Waals surface area contributed by atoms with Crippen LogP contribution in [-0.2, 0) is 6.42 Å². The van der Waals surface area contributed by atoms with Crippen molar-refractivity contribution in [1.82, 2.24) is 34.9 Å². The van der Waals surface area contributed by atoms with E-state index in [0.29, 0.717) is 5.92 Å². The third-order valence-corrected chi connectivity index (χ3v) is 5.29. The van der Waals surface area contributed by atoms with Crippen LogP contribution in [-0.4, -0.2) is 36.1 Å². The normalized spacial score (nSPS) is 20.3. The van der Waals surface area contributed by atoms with Gasteiger partial charge in [0.2, 0.25) is 0 Å². The number of aromatic nitrogens is 6. The first kappa shape index (κ1) is 14.4. The molecule has 1 aliphatic carbocycles. The van der Waals surface area contributed by atoms with Crippen molar-refractivity contribution < 1.29 is 0 Å². The summed E-state index contributed by atoms with van der Waals surface area (Å²) in [7, 11) is 0. The van der Waals surface area contributed by atoms with Crippen molar-refractivity contribution in [3.05, 3.63) is 45.7 Å². The van der Waals surface area contributed by atoms with Gasteiger partial charge in [-0.25, -0.2) is 24.5 Å². The second-order valence-electron chi connectivity index (χ2n) is 6.40. The van der Waals surface area contributed by atoms with Crippen molar-refractivity contribution in [3.8, 4) is 0 Å². The average molecular weight is 386 g/mol. The minimum absolute atomic E-state index is 0.0418. The van der Waals surface area contributed by atoms with Gasteiger partial charge in [0.15, 0.2) is 0 Å². The van der Waals surface area contributed by atoms with E-state index in [1.807, 2.05) is 17.6 Å². The van der Waals surface area contributed by atoms with Gasteiger partial charge >= 0.3 is 0 Å². The maximum absolute atomic E-state index is 4.83. The van der Waals surface area contributed by atoms with E-state index < -0.39 is 0 Å². The monoisotopic (exact) mass is 385 g/mol. The van der Waals surface area contributed by atoms with Crippen LogP contribution in [0.15, 0.2) is 17.1 Å². The molecule has 7 nitrogen and oxygen atoms in total. The zero-order valence-corrected chi connectivity index (χ0v) is 14.8. The summed E-state index contributed by atoms with van der Waals surface area (Å²) in [5.74, 6) is 2.40. The maximum atomic E-state index is 4.83. The van der Waals surface area contributed by atoms with E-state index in [9.17, 15) is 0 Å². The summed E-state index contributed by atoms with van der Waals surface area (Å²) in [6, 6.07) is -0.0418. The van der Waals surface area contributed by atoms with Crippen LogP contribution in [0.4, 0.5) is 0 Å². The van der Waals surface area contributed by atoms with Gasteiger partial charge in [-0.05, 0) is 35.7 Å². The number of halogens is 1. The Hall–Kier alpha value is -1.93. The van der Waals surface area contributed by atoms with Crippen molar-refractivity contribution in [3.63, 3.8) is 0 Å². The summed E-state index contributed by atoms with van der Waals surface area (Å²) < 4.78 is 2.59. The van der Waals surface area contributed by atoms with Crippen molar-refractivity contribution in [2.45, 2.75) is 38.1 Å². The zero-order chi connectivity index (χ0) is 16.3. The fourth-order valence-electron chi connectivity index (χ4n) is 3.37. The molecule has 0 spiro atoms. The Morgan fingerprint density at radius 2 is 2.12 bits per heavy atom. The van der Waals surface area contributed by atoms with E-state index >= 15 is 0 Å². The van der Waals surface area contributed by atoms with Gasteiger partial charge in [-0.15, -0.1) is 0 Å². The van der Waals surface area contributed by atoms with Crippen LogP contribution in [0.3, 0.4) is 0 Å². The van der Waals surface area contributed by atoms with Crippen molar-refractivity contribution in [1.29, 1.82) is 0 Å². The average Bonchev–Trinajstić information content (AvgIpc) is 3.41. The van der Waals surface area contributed by atoms with Crippen LogP contribution in [0.25, 0.3) is 5.52 Å². The number of imidazole rings is 1. The molecule has 1 saturated carbocycles. The van der Waals surface area contributed by atoms with Crippen molar-refractivity contribution in [2.75, 3.05) is 6.54 Å². The van der Waals surface area contributed by atoms with E-state index in [-0.39, 0.29) is 6.04 Å². The van der Waals surface area contributed by atoms with Gasteiger partial charge in [0.1, 0.15) is 28.1 Å². The second-order valence-corrected chi connectivity index (χ2v) is 7.15. The van der Waals surface area contributed by atoms with E-state index in [1.54, 1.807) is 6.33 Å². The molecule has 8 heteroatoms. The van der Waals surface area contributed by atoms with Crippen molar-refractivity contribution >= 4 is 21.4 Å². The first-order chi connectivity index (χ1) is 11.7. The van der Waals surface area contributed by atoms with Crippen LogP contribution in [0, 0.1) is 6.92 Å². The Morgan fingerprint density at radius 3 is 2.96 bits per heavy atom. The number of nitrogens with zero attached hydrogens (tertiary/aromatic N) is 6. The summed E-state index contributed by atoms with van der Waals surface area (Å²) in [5, 5.41) is 7.86. The molecule has 0 bridgehead atoms. The Balaban J connectivity index is 1.66. The molecule has 1 N–H and O–H groups in total. The highest BCUT2D eigenvalue weighted by Gasteiger charge is 2.31. The lowest BCUT2D eigenvalue weighted by Gasteiger charge is -2.26. The molecular weight excluding hydrogens is 370 g/mol. The summed E-state index contributed by atoms with van der Waals surface area (Å²) in [6.45, 7) is 2.81. The van der Waals surface area contributed by atoms with Gasteiger partial charge in [0.05, 0.1) is 17.4 Å². The second kappa shape index (κ2) is 5.29. The van der Waals surface area contributed by atoms with Gasteiger partial charge in [-0.3, -0.25) is 0 Å². The van der Waals surface area contributed by atoms with Crippen LogP contribution in [0.1, 0.15) is 53.4 Å². The molecule has 2 aliphatic rings. The lowest BCUT2D eigenvalue weighted by Crippen LogP contribution is -2.32. The zero-order valence-electron chi connectivity index (χ0n) is 13.2. The first-order valence-corrected chi connectivity index (χ1v) is 8.96. The molecule has 3 aromatic rings. The molecule has 1 aliphatic heterocycles. The highest BCUT2D eigenvalue weighted by Crippen LogP contribution is 2.39. The minimum atomic E-state index is -0.0418. The Kier molecular flexibility index (Phi) is 3.18. The van der Waals surface area contributed by atoms with Gasteiger partial charge in [-0.1, -0.05) is 0 Å². The van der Waals surface area contributed by atoms with E-state index in [4.69, 9.17) is 4.98 Å². The van der Waals surface area contributed by atoms with Gasteiger partial charge in [0, 0.05) is 30.6 Å². The predicted molar refractivity (Wildman–Crippen MR) is 90.8 cm³/mol. The molecule has 3 aromatic heterocycles. The molecule has 0 amide bonds. The fourth-order valence-corrected chi connectivity index (χ4v) is 4.00. The molecule has 0 aromatic carbocycles. The van der Waals surface area contributed by atoms with E-state index in [0.717, 1.165) is 51.7 Å². The molecule has 0 radical (unpaired) electrons. The highest BCUT2D eigenvalue weighted by atomic mass is 79.9. The smallest absolute Gasteiger partial charge is 0.136 e. The number of aryl methyl sites for hydroxylation is 1. The molecule has 122 valence electrons. The number of hydrogen-bond acceptors (Lipinski definition) is 6. The summed E-state index contributed by atoms with van der Waals surface area (Å²) in [4.78, 5) is 18.5. The van der Waals surface area contributed by atoms with E-state index in [1.165, 1.54) is 12.8 Å². The largest absolute Gasteiger partial charge is 0.304 e. The summed E-state index contributed by atoms with van der Waals surface area (Å²) >= 11 is 3.54. The fraction of sp³-hybridized carbons (Fsp3) is 0.438. The minimum Gasteiger partial charge on any atom is -0.304 e. The topological polar surface area (TPSA) is 80.9 Å². The molecule has 24 heavy (non-hydrogen) atoms. The lowest BCUT2D eigenvalue weighted by atomic mass is 9.97. The number of rotatable bonds is 2. The Bertz CT molecular complexity index is 947. The van der Waals surface area contributed by atoms with Gasteiger partial charge in [0.25, 0.3) is 0 Å². The van der Waals surface area contributed by atoms with Crippen LogP contribution in [0.2, 0.25) is 0 Å². The standard InChI is InChI=1S/C16H16BrN7/c1-8-22-15(17)14-13(20-7-21-24(8)14)12-10-6-19-16(9-2-3-9)23-11(10)4-5-18-12/h6-7,9,12,18H,2-5H2,1H3. The van der Waals surface area contributed by atoms with E-state index in [2.05, 4.69) is 41.3 Å². The molecule has 4 heterocycles. The van der Waals surface area contributed by atoms with Crippen LogP contribution in [0.5, 0.6) is 0 Å². The molecule has 1 unspecified atom stereocenters. The molecular formula is C16H16BrN7. The predicted octanol–water partition coefficient (Wildman–Crippen LogP) is 2.10. The van der Waals surface area contributed by atoms with Crippen LogP contribution >= 0.6 is 15.9 Å². The molecule has 0 saturated heterocycles. The number of nitrogens with one attached hydrogen (secondary N) is 1. The molecule has 1 atom stereocenters. The quantitative estimate of drug-likeness (QED) is 0.727. The van der Waals surface area contributed by atoms with Crippen molar-refractivity contribution in [2.24, 2.45) is 0 Å². The van der Waals surface area contributed by atoms with Gasteiger partial charge in [-0.2, -0.15) is 5.10 Å². The number of fused-ring (bicyclic) bond motifs is 2. The van der Waals surface area contributed by atoms with Crippen LogP contribution < -0.4 is 5.32 Å². The summed E-state index contributed by atoms with van der Waals surface area (Å²) in [6.07, 6.45) is 6.92. The molecule has 5 rings (SSSR count). The van der Waals surface area contributed by atoms with Gasteiger partial charge < -0.3 is 5.32 Å². The summed E-state index contributed by atoms with van der Waals surface area (Å²) in [5.41, 5.74) is 4.05. The third kappa shape index (κ3) is 2.16. The molecule has 1 fully saturated rings. The highest BCUT2D eigenvalue weighted by molar-refractivity contribution is 9.10. The first-order valence-electron chi connectivity index (χ1n) is 8.17.